The number of aromatic nitrogens is 2. The molecule has 31 heavy (non-hydrogen) atoms. The van der Waals surface area contributed by atoms with Gasteiger partial charge in [-0.1, -0.05) is 11.6 Å². The molecule has 3 heterocycles. The molecule has 7 nitrogen and oxygen atoms in total. The zero-order chi connectivity index (χ0) is 21.8. The van der Waals surface area contributed by atoms with Gasteiger partial charge >= 0.3 is 0 Å². The van der Waals surface area contributed by atoms with Gasteiger partial charge in [-0.05, 0) is 56.7 Å². The normalized spacial score (nSPS) is 23.4. The molecule has 0 bridgehead atoms. The summed E-state index contributed by atoms with van der Waals surface area (Å²) in [6.45, 7) is 1.65. The summed E-state index contributed by atoms with van der Waals surface area (Å²) < 4.78 is 19.8. The molecule has 168 valence electrons. The number of nitrogens with one attached hydrogen (secondary N) is 2. The Morgan fingerprint density at radius 2 is 1.94 bits per heavy atom. The number of pyridine rings is 2. The summed E-state index contributed by atoms with van der Waals surface area (Å²) in [5.41, 5.74) is 13.2. The molecule has 1 saturated carbocycles. The molecule has 6 N–H and O–H groups in total. The summed E-state index contributed by atoms with van der Waals surface area (Å²) in [5, 5.41) is 7.01. The first-order chi connectivity index (χ1) is 14.9. The maximum absolute atomic E-state index is 14.4. The summed E-state index contributed by atoms with van der Waals surface area (Å²) in [6, 6.07) is 5.50. The first kappa shape index (κ1) is 22.2. The van der Waals surface area contributed by atoms with Gasteiger partial charge < -0.3 is 26.8 Å². The molecule has 0 unspecified atom stereocenters. The van der Waals surface area contributed by atoms with E-state index in [1.54, 1.807) is 12.3 Å². The Morgan fingerprint density at radius 1 is 1.19 bits per heavy atom. The summed E-state index contributed by atoms with van der Waals surface area (Å²) in [5.74, 6) is 0.461. The minimum absolute atomic E-state index is 0.164. The van der Waals surface area contributed by atoms with Gasteiger partial charge in [0.2, 0.25) is 0 Å². The number of nitrogens with zero attached hydrogens (tertiary/aromatic N) is 2. The van der Waals surface area contributed by atoms with E-state index in [1.165, 1.54) is 6.07 Å². The van der Waals surface area contributed by atoms with Crippen LogP contribution >= 0.6 is 11.6 Å². The highest BCUT2D eigenvalue weighted by molar-refractivity contribution is 6.33. The highest BCUT2D eigenvalue weighted by Crippen LogP contribution is 2.31. The largest absolute Gasteiger partial charge is 0.381 e. The smallest absolute Gasteiger partial charge is 0.165 e. The predicted molar refractivity (Wildman–Crippen MR) is 122 cm³/mol. The topological polar surface area (TPSA) is 111 Å². The van der Waals surface area contributed by atoms with E-state index in [9.17, 15) is 4.39 Å². The minimum atomic E-state index is -0.434. The van der Waals surface area contributed by atoms with Gasteiger partial charge in [0.15, 0.2) is 11.6 Å². The standard InChI is InChI=1S/C22H30ClFN6O/c23-17-12-27-20(29-15-3-1-14(25)2-4-15)11-16(17)19-6-5-18(24)21(30-19)28-13-22(26)7-9-31-10-8-22/h5-6,11-12,14-15H,1-4,7-10,13,25-26H2,(H,27,29)(H,28,30)/t14-,15-. The molecule has 1 saturated heterocycles. The summed E-state index contributed by atoms with van der Waals surface area (Å²) in [7, 11) is 0. The van der Waals surface area contributed by atoms with Gasteiger partial charge in [-0.25, -0.2) is 14.4 Å². The van der Waals surface area contributed by atoms with Crippen LogP contribution in [0.25, 0.3) is 11.3 Å². The van der Waals surface area contributed by atoms with Crippen molar-refractivity contribution in [2.75, 3.05) is 30.4 Å². The van der Waals surface area contributed by atoms with Crippen LogP contribution in [-0.2, 0) is 4.74 Å². The summed E-state index contributed by atoms with van der Waals surface area (Å²) in [6.07, 6.45) is 7.06. The number of halogens is 2. The fraction of sp³-hybridized carbons (Fsp3) is 0.545. The second kappa shape index (κ2) is 9.65. The molecule has 0 spiro atoms. The zero-order valence-corrected chi connectivity index (χ0v) is 18.3. The van der Waals surface area contributed by atoms with Crippen molar-refractivity contribution in [1.29, 1.82) is 0 Å². The Morgan fingerprint density at radius 3 is 2.68 bits per heavy atom. The number of nitrogens with two attached hydrogens (primary N) is 2. The Labute approximate surface area is 187 Å². The molecule has 4 rings (SSSR count). The molecule has 2 fully saturated rings. The number of rotatable bonds is 6. The molecule has 2 aliphatic rings. The van der Waals surface area contributed by atoms with Crippen LogP contribution in [0.5, 0.6) is 0 Å². The fourth-order valence-electron chi connectivity index (χ4n) is 4.12. The van der Waals surface area contributed by atoms with E-state index in [1.807, 2.05) is 6.07 Å². The second-order valence-electron chi connectivity index (χ2n) is 8.66. The van der Waals surface area contributed by atoms with Gasteiger partial charge in [-0.15, -0.1) is 0 Å². The molecule has 9 heteroatoms. The third kappa shape index (κ3) is 5.63. The SMILES string of the molecule is NC1(CNc2nc(-c3cc(N[C@H]4CC[C@H](N)CC4)ncc3Cl)ccc2F)CCOCC1. The van der Waals surface area contributed by atoms with Crippen molar-refractivity contribution >= 4 is 23.2 Å². The number of hydrogen-bond donors (Lipinski definition) is 4. The van der Waals surface area contributed by atoms with Crippen LogP contribution in [0.15, 0.2) is 24.4 Å². The van der Waals surface area contributed by atoms with E-state index in [4.69, 9.17) is 27.8 Å². The van der Waals surface area contributed by atoms with E-state index in [0.717, 1.165) is 44.3 Å². The van der Waals surface area contributed by atoms with Gasteiger partial charge in [0.05, 0.1) is 10.7 Å². The van der Waals surface area contributed by atoms with Crippen molar-refractivity contribution in [2.45, 2.75) is 56.1 Å². The maximum Gasteiger partial charge on any atom is 0.165 e. The maximum atomic E-state index is 14.4. The van der Waals surface area contributed by atoms with Gasteiger partial charge in [0.25, 0.3) is 0 Å². The molecule has 1 aliphatic carbocycles. The van der Waals surface area contributed by atoms with Crippen LogP contribution in [0.2, 0.25) is 5.02 Å². The van der Waals surface area contributed by atoms with Crippen molar-refractivity contribution in [2.24, 2.45) is 11.5 Å². The quantitative estimate of drug-likeness (QED) is 0.534. The minimum Gasteiger partial charge on any atom is -0.381 e. The molecule has 0 radical (unpaired) electrons. The van der Waals surface area contributed by atoms with Crippen molar-refractivity contribution in [3.63, 3.8) is 0 Å². The molecule has 0 aromatic carbocycles. The van der Waals surface area contributed by atoms with Gasteiger partial charge in [0, 0.05) is 49.1 Å². The van der Waals surface area contributed by atoms with Crippen LogP contribution in [0.4, 0.5) is 16.0 Å². The molecule has 2 aromatic rings. The number of hydrogen-bond acceptors (Lipinski definition) is 7. The first-order valence-corrected chi connectivity index (χ1v) is 11.2. The molecule has 0 atom stereocenters. The van der Waals surface area contributed by atoms with Crippen molar-refractivity contribution in [1.82, 2.24) is 9.97 Å². The Kier molecular flexibility index (Phi) is 6.91. The second-order valence-corrected chi connectivity index (χ2v) is 9.07. The van der Waals surface area contributed by atoms with Crippen LogP contribution in [0, 0.1) is 5.82 Å². The lowest BCUT2D eigenvalue weighted by atomic mass is 9.91. The monoisotopic (exact) mass is 448 g/mol. The van der Waals surface area contributed by atoms with Crippen molar-refractivity contribution in [3.05, 3.63) is 35.2 Å². The van der Waals surface area contributed by atoms with Crippen LogP contribution in [0.1, 0.15) is 38.5 Å². The number of anilines is 2. The zero-order valence-electron chi connectivity index (χ0n) is 17.5. The van der Waals surface area contributed by atoms with E-state index >= 15 is 0 Å². The highest BCUT2D eigenvalue weighted by atomic mass is 35.5. The lowest BCUT2D eigenvalue weighted by molar-refractivity contribution is 0.0574. The van der Waals surface area contributed by atoms with Crippen LogP contribution in [0.3, 0.4) is 0 Å². The fourth-order valence-corrected chi connectivity index (χ4v) is 4.32. The number of ether oxygens (including phenoxy) is 1. The molecule has 0 amide bonds. The van der Waals surface area contributed by atoms with E-state index < -0.39 is 11.4 Å². The predicted octanol–water partition coefficient (Wildman–Crippen LogP) is 3.54. The van der Waals surface area contributed by atoms with E-state index in [0.29, 0.717) is 42.1 Å². The van der Waals surface area contributed by atoms with Gasteiger partial charge in [-0.3, -0.25) is 0 Å². The molecular formula is C22H30ClFN6O. The van der Waals surface area contributed by atoms with E-state index in [2.05, 4.69) is 20.6 Å². The summed E-state index contributed by atoms with van der Waals surface area (Å²) in [4.78, 5) is 8.89. The lowest BCUT2D eigenvalue weighted by Crippen LogP contribution is -2.50. The average molecular weight is 449 g/mol. The van der Waals surface area contributed by atoms with Crippen LogP contribution < -0.4 is 22.1 Å². The van der Waals surface area contributed by atoms with Crippen molar-refractivity contribution in [3.8, 4) is 11.3 Å². The molecule has 2 aromatic heterocycles. The third-order valence-electron chi connectivity index (χ3n) is 6.20. The lowest BCUT2D eigenvalue weighted by Gasteiger charge is -2.33. The first-order valence-electron chi connectivity index (χ1n) is 10.9. The Bertz CT molecular complexity index is 900. The average Bonchev–Trinajstić information content (AvgIpc) is 2.77. The molecule has 1 aliphatic heterocycles. The van der Waals surface area contributed by atoms with Crippen molar-refractivity contribution < 1.29 is 9.13 Å². The Balaban J connectivity index is 1.50. The molecular weight excluding hydrogens is 419 g/mol. The summed E-state index contributed by atoms with van der Waals surface area (Å²) >= 11 is 6.41. The van der Waals surface area contributed by atoms with E-state index in [-0.39, 0.29) is 11.9 Å². The van der Waals surface area contributed by atoms with Gasteiger partial charge in [-0.2, -0.15) is 0 Å². The third-order valence-corrected chi connectivity index (χ3v) is 6.50. The Hall–Kier alpha value is -2.00. The van der Waals surface area contributed by atoms with Gasteiger partial charge in [0.1, 0.15) is 5.82 Å². The van der Waals surface area contributed by atoms with Crippen LogP contribution in [-0.4, -0.2) is 47.3 Å². The highest BCUT2D eigenvalue weighted by Gasteiger charge is 2.28.